The molecule has 0 aliphatic rings. The average Bonchev–Trinajstić information content (AvgIpc) is 3.01. The van der Waals surface area contributed by atoms with Gasteiger partial charge in [0, 0.05) is 12.3 Å². The molecule has 0 unspecified atom stereocenters. The molecule has 3 aromatic rings. The fourth-order valence-corrected chi connectivity index (χ4v) is 3.63. The van der Waals surface area contributed by atoms with Crippen molar-refractivity contribution < 1.29 is 22.7 Å². The van der Waals surface area contributed by atoms with Crippen LogP contribution in [0.2, 0.25) is 0 Å². The molecule has 0 spiro atoms. The fourth-order valence-electron chi connectivity index (χ4n) is 2.61. The summed E-state index contributed by atoms with van der Waals surface area (Å²) >= 11 is 0. The Bertz CT molecular complexity index is 1110. The molecule has 0 atom stereocenters. The summed E-state index contributed by atoms with van der Waals surface area (Å²) in [6, 6.07) is 9.61. The van der Waals surface area contributed by atoms with Crippen LogP contribution >= 0.6 is 0 Å². The number of pyridine rings is 1. The molecular formula is C17H18N4O5S. The fraction of sp³-hybridized carbons (Fsp3) is 0.176. The van der Waals surface area contributed by atoms with Gasteiger partial charge in [-0.15, -0.1) is 4.83 Å². The predicted octanol–water partition coefficient (Wildman–Crippen LogP) is 1.28. The van der Waals surface area contributed by atoms with Gasteiger partial charge in [0.25, 0.3) is 15.9 Å². The Morgan fingerprint density at radius 3 is 2.63 bits per heavy atom. The number of aryl methyl sites for hydroxylation is 1. The monoisotopic (exact) mass is 390 g/mol. The topological polar surface area (TPSA) is 111 Å². The lowest BCUT2D eigenvalue weighted by Crippen LogP contribution is -2.42. The molecule has 0 fully saturated rings. The standard InChI is InChI=1S/C17H18N4O5S/c1-11-16(21-9-5-4-6-15(21)18-11)17(22)19-20-27(23,24)14-10-12(25-2)7-8-13(14)26-3/h4-10,20H,1-3H3,(H,19,22). The number of sulfonamides is 1. The van der Waals surface area contributed by atoms with E-state index in [4.69, 9.17) is 9.47 Å². The predicted molar refractivity (Wildman–Crippen MR) is 97.3 cm³/mol. The largest absolute Gasteiger partial charge is 0.497 e. The van der Waals surface area contributed by atoms with Crippen LogP contribution in [-0.4, -0.2) is 37.9 Å². The number of ether oxygens (including phenoxy) is 2. The van der Waals surface area contributed by atoms with Gasteiger partial charge in [-0.05, 0) is 31.2 Å². The first-order valence-corrected chi connectivity index (χ1v) is 9.33. The van der Waals surface area contributed by atoms with Gasteiger partial charge in [0.2, 0.25) is 0 Å². The van der Waals surface area contributed by atoms with Crippen molar-refractivity contribution in [3.05, 3.63) is 54.0 Å². The Morgan fingerprint density at radius 1 is 1.15 bits per heavy atom. The quantitative estimate of drug-likeness (QED) is 0.614. The highest BCUT2D eigenvalue weighted by molar-refractivity contribution is 7.89. The molecule has 2 heterocycles. The second-order valence-electron chi connectivity index (χ2n) is 5.55. The molecule has 0 saturated carbocycles. The van der Waals surface area contributed by atoms with Gasteiger partial charge in [0.05, 0.1) is 19.9 Å². The van der Waals surface area contributed by atoms with E-state index in [1.165, 1.54) is 26.4 Å². The van der Waals surface area contributed by atoms with Crippen molar-refractivity contribution in [1.29, 1.82) is 0 Å². The molecule has 142 valence electrons. The van der Waals surface area contributed by atoms with Crippen molar-refractivity contribution in [2.75, 3.05) is 14.2 Å². The number of rotatable bonds is 6. The Morgan fingerprint density at radius 2 is 1.93 bits per heavy atom. The maximum absolute atomic E-state index is 12.6. The average molecular weight is 390 g/mol. The summed E-state index contributed by atoms with van der Waals surface area (Å²) in [4.78, 5) is 18.7. The maximum atomic E-state index is 12.6. The van der Waals surface area contributed by atoms with E-state index in [1.54, 1.807) is 41.8 Å². The van der Waals surface area contributed by atoms with Gasteiger partial charge in [-0.25, -0.2) is 13.4 Å². The number of fused-ring (bicyclic) bond motifs is 1. The van der Waals surface area contributed by atoms with Gasteiger partial charge in [0.1, 0.15) is 27.7 Å². The van der Waals surface area contributed by atoms with E-state index < -0.39 is 15.9 Å². The van der Waals surface area contributed by atoms with Crippen LogP contribution in [0, 0.1) is 6.92 Å². The Kier molecular flexibility index (Phi) is 5.02. The first-order valence-electron chi connectivity index (χ1n) is 7.85. The summed E-state index contributed by atoms with van der Waals surface area (Å²) < 4.78 is 36.9. The minimum atomic E-state index is -4.10. The molecule has 10 heteroatoms. The number of imidazole rings is 1. The van der Waals surface area contributed by atoms with E-state index in [9.17, 15) is 13.2 Å². The van der Waals surface area contributed by atoms with E-state index in [0.717, 1.165) is 0 Å². The maximum Gasteiger partial charge on any atom is 0.285 e. The van der Waals surface area contributed by atoms with Crippen molar-refractivity contribution in [3.8, 4) is 11.5 Å². The van der Waals surface area contributed by atoms with Crippen LogP contribution in [0.15, 0.2) is 47.5 Å². The normalized spacial score (nSPS) is 11.4. The molecule has 0 aliphatic carbocycles. The lowest BCUT2D eigenvalue weighted by Gasteiger charge is -2.13. The molecule has 2 aromatic heterocycles. The number of nitrogens with one attached hydrogen (secondary N) is 2. The molecule has 2 N–H and O–H groups in total. The second kappa shape index (κ2) is 7.25. The number of hydrazine groups is 1. The molecule has 0 aliphatic heterocycles. The number of methoxy groups -OCH3 is 2. The molecular weight excluding hydrogens is 372 g/mol. The van der Waals surface area contributed by atoms with E-state index in [2.05, 4.69) is 15.2 Å². The first kappa shape index (κ1) is 18.7. The van der Waals surface area contributed by atoms with Gasteiger partial charge in [-0.3, -0.25) is 14.6 Å². The van der Waals surface area contributed by atoms with Crippen LogP contribution in [0.3, 0.4) is 0 Å². The Balaban J connectivity index is 1.87. The highest BCUT2D eigenvalue weighted by atomic mass is 32.2. The Hall–Kier alpha value is -3.11. The summed E-state index contributed by atoms with van der Waals surface area (Å²) in [6.45, 7) is 1.67. The number of nitrogens with zero attached hydrogens (tertiary/aromatic N) is 2. The zero-order valence-corrected chi connectivity index (χ0v) is 15.7. The lowest BCUT2D eigenvalue weighted by molar-refractivity contribution is 0.0938. The molecule has 0 radical (unpaired) electrons. The van der Waals surface area contributed by atoms with Crippen LogP contribution in [0.25, 0.3) is 5.65 Å². The van der Waals surface area contributed by atoms with Crippen molar-refractivity contribution >= 4 is 21.6 Å². The highest BCUT2D eigenvalue weighted by Crippen LogP contribution is 2.27. The van der Waals surface area contributed by atoms with Crippen LogP contribution in [0.1, 0.15) is 16.2 Å². The number of benzene rings is 1. The smallest absolute Gasteiger partial charge is 0.285 e. The number of amides is 1. The van der Waals surface area contributed by atoms with Crippen LogP contribution in [-0.2, 0) is 10.0 Å². The van der Waals surface area contributed by atoms with Crippen LogP contribution in [0.5, 0.6) is 11.5 Å². The van der Waals surface area contributed by atoms with Gasteiger partial charge < -0.3 is 9.47 Å². The number of aromatic nitrogens is 2. The zero-order valence-electron chi connectivity index (χ0n) is 14.9. The minimum Gasteiger partial charge on any atom is -0.497 e. The van der Waals surface area contributed by atoms with E-state index in [0.29, 0.717) is 17.1 Å². The summed E-state index contributed by atoms with van der Waals surface area (Å²) in [6.07, 6.45) is 1.67. The number of carbonyl (C=O) groups excluding carboxylic acids is 1. The third-order valence-corrected chi connectivity index (χ3v) is 5.15. The summed E-state index contributed by atoms with van der Waals surface area (Å²) in [5, 5.41) is 0. The van der Waals surface area contributed by atoms with Crippen molar-refractivity contribution in [3.63, 3.8) is 0 Å². The molecule has 0 bridgehead atoms. The van der Waals surface area contributed by atoms with E-state index in [1.807, 2.05) is 0 Å². The minimum absolute atomic E-state index is 0.114. The molecule has 1 aromatic carbocycles. The van der Waals surface area contributed by atoms with Crippen molar-refractivity contribution in [2.24, 2.45) is 0 Å². The molecule has 1 amide bonds. The third kappa shape index (κ3) is 3.57. The van der Waals surface area contributed by atoms with Crippen molar-refractivity contribution in [2.45, 2.75) is 11.8 Å². The molecule has 3 rings (SSSR count). The first-order chi connectivity index (χ1) is 12.9. The van der Waals surface area contributed by atoms with E-state index in [-0.39, 0.29) is 16.3 Å². The van der Waals surface area contributed by atoms with Gasteiger partial charge in [-0.2, -0.15) is 0 Å². The lowest BCUT2D eigenvalue weighted by atomic mass is 10.3. The number of carbonyl (C=O) groups is 1. The number of hydrogen-bond donors (Lipinski definition) is 2. The van der Waals surface area contributed by atoms with Gasteiger partial charge >= 0.3 is 0 Å². The molecule has 27 heavy (non-hydrogen) atoms. The van der Waals surface area contributed by atoms with E-state index >= 15 is 0 Å². The van der Waals surface area contributed by atoms with Crippen LogP contribution in [0.4, 0.5) is 0 Å². The van der Waals surface area contributed by atoms with Gasteiger partial charge in [-0.1, -0.05) is 6.07 Å². The highest BCUT2D eigenvalue weighted by Gasteiger charge is 2.23. The van der Waals surface area contributed by atoms with Crippen LogP contribution < -0.4 is 19.7 Å². The van der Waals surface area contributed by atoms with Crippen molar-refractivity contribution in [1.82, 2.24) is 19.6 Å². The SMILES string of the molecule is COc1ccc(OC)c(S(=O)(=O)NNC(=O)c2c(C)nc3ccccn23)c1. The summed E-state index contributed by atoms with van der Waals surface area (Å²) in [5.74, 6) is -0.194. The summed E-state index contributed by atoms with van der Waals surface area (Å²) in [5.41, 5.74) is 3.49. The summed E-state index contributed by atoms with van der Waals surface area (Å²) in [7, 11) is -1.34. The Labute approximate surface area is 156 Å². The number of hydrogen-bond acceptors (Lipinski definition) is 6. The third-order valence-electron chi connectivity index (χ3n) is 3.88. The molecule has 9 nitrogen and oxygen atoms in total. The zero-order chi connectivity index (χ0) is 19.6. The second-order valence-corrected chi connectivity index (χ2v) is 7.20. The van der Waals surface area contributed by atoms with Gasteiger partial charge in [0.15, 0.2) is 0 Å². The molecule has 0 saturated heterocycles.